The van der Waals surface area contributed by atoms with Crippen LogP contribution in [0.25, 0.3) is 22.3 Å². The van der Waals surface area contributed by atoms with Crippen LogP contribution in [0.3, 0.4) is 0 Å². The van der Waals surface area contributed by atoms with Gasteiger partial charge in [-0.3, -0.25) is 9.78 Å². The normalized spacial score (nSPS) is 14.3. The van der Waals surface area contributed by atoms with Crippen molar-refractivity contribution < 1.29 is 9.53 Å². The van der Waals surface area contributed by atoms with E-state index in [1.54, 1.807) is 19.4 Å². The monoisotopic (exact) mass is 445 g/mol. The summed E-state index contributed by atoms with van der Waals surface area (Å²) < 4.78 is 5.68. The summed E-state index contributed by atoms with van der Waals surface area (Å²) in [6, 6.07) is 11.6. The Morgan fingerprint density at radius 2 is 1.79 bits per heavy atom. The number of carbonyl (C=O) groups is 1. The number of carbonyl (C=O) groups excluding carboxylic acids is 1. The Kier molecular flexibility index (Phi) is 6.89. The zero-order chi connectivity index (χ0) is 23.4. The minimum absolute atomic E-state index is 0.0149. The summed E-state index contributed by atoms with van der Waals surface area (Å²) in [6.45, 7) is 8.51. The molecule has 1 aliphatic rings. The third kappa shape index (κ3) is 4.68. The van der Waals surface area contributed by atoms with E-state index in [0.717, 1.165) is 67.1 Å². The molecule has 7 nitrogen and oxygen atoms in total. The molecule has 0 saturated carbocycles. The predicted octanol–water partition coefficient (Wildman–Crippen LogP) is 3.74. The Balaban J connectivity index is 1.71. The standard InChI is InChI=1S/C26H31N5O2/c1-4-22-25(19-7-9-24(27)29-17-19)20(10-11-28-22)18-6-8-21(23(16-18)33-3)26(32)31-14-12-30(5-2)13-15-31/h6-11,16-17H,4-5,12-15H2,1-3H3,(H2,27,29). The molecule has 0 bridgehead atoms. The summed E-state index contributed by atoms with van der Waals surface area (Å²) in [4.78, 5) is 26.4. The van der Waals surface area contributed by atoms with Gasteiger partial charge >= 0.3 is 0 Å². The molecule has 3 aromatic rings. The first-order valence-corrected chi connectivity index (χ1v) is 11.5. The van der Waals surface area contributed by atoms with E-state index in [2.05, 4.69) is 28.7 Å². The largest absolute Gasteiger partial charge is 0.496 e. The van der Waals surface area contributed by atoms with Crippen molar-refractivity contribution in [3.63, 3.8) is 0 Å². The fourth-order valence-electron chi connectivity index (χ4n) is 4.36. The molecule has 0 atom stereocenters. The highest BCUT2D eigenvalue weighted by atomic mass is 16.5. The van der Waals surface area contributed by atoms with Crippen molar-refractivity contribution in [2.75, 3.05) is 45.6 Å². The van der Waals surface area contributed by atoms with Crippen molar-refractivity contribution in [1.29, 1.82) is 0 Å². The van der Waals surface area contributed by atoms with Crippen molar-refractivity contribution in [2.45, 2.75) is 20.3 Å². The molecule has 0 unspecified atom stereocenters. The fraction of sp³-hybridized carbons (Fsp3) is 0.346. The summed E-state index contributed by atoms with van der Waals surface area (Å²) >= 11 is 0. The Labute approximate surface area is 195 Å². The third-order valence-corrected chi connectivity index (χ3v) is 6.29. The van der Waals surface area contributed by atoms with E-state index in [1.807, 2.05) is 41.4 Å². The van der Waals surface area contributed by atoms with Gasteiger partial charge in [-0.2, -0.15) is 0 Å². The van der Waals surface area contributed by atoms with E-state index < -0.39 is 0 Å². The number of pyridine rings is 2. The van der Waals surface area contributed by atoms with Crippen molar-refractivity contribution >= 4 is 11.7 Å². The zero-order valence-electron chi connectivity index (χ0n) is 19.5. The first-order valence-electron chi connectivity index (χ1n) is 11.5. The number of likely N-dealkylation sites (N-methyl/N-ethyl adjacent to an activating group) is 1. The van der Waals surface area contributed by atoms with Gasteiger partial charge in [0.1, 0.15) is 11.6 Å². The Bertz CT molecular complexity index is 1120. The molecule has 33 heavy (non-hydrogen) atoms. The number of hydrogen-bond donors (Lipinski definition) is 1. The van der Waals surface area contributed by atoms with E-state index in [1.165, 1.54) is 0 Å². The van der Waals surface area contributed by atoms with Crippen LogP contribution >= 0.6 is 0 Å². The molecule has 2 aromatic heterocycles. The first kappa shape index (κ1) is 22.7. The molecule has 7 heteroatoms. The van der Waals surface area contributed by atoms with Gasteiger partial charge in [-0.1, -0.05) is 19.9 Å². The molecule has 2 N–H and O–H groups in total. The highest BCUT2D eigenvalue weighted by Crippen LogP contribution is 2.36. The third-order valence-electron chi connectivity index (χ3n) is 6.29. The van der Waals surface area contributed by atoms with Crippen LogP contribution in [0, 0.1) is 0 Å². The minimum atomic E-state index is 0.0149. The van der Waals surface area contributed by atoms with Crippen molar-refractivity contribution in [3.05, 3.63) is 60.0 Å². The summed E-state index contributed by atoms with van der Waals surface area (Å²) in [6.07, 6.45) is 4.38. The lowest BCUT2D eigenvalue weighted by Gasteiger charge is -2.34. The number of amides is 1. The SMILES string of the molecule is CCc1nccc(-c2ccc(C(=O)N3CCN(CC)CC3)c(OC)c2)c1-c1ccc(N)nc1. The van der Waals surface area contributed by atoms with E-state index >= 15 is 0 Å². The molecule has 1 aromatic carbocycles. The summed E-state index contributed by atoms with van der Waals surface area (Å²) in [7, 11) is 1.61. The van der Waals surface area contributed by atoms with Gasteiger partial charge in [0, 0.05) is 55.4 Å². The lowest BCUT2D eigenvalue weighted by atomic mass is 9.92. The second-order valence-corrected chi connectivity index (χ2v) is 8.15. The molecule has 3 heterocycles. The molecule has 1 saturated heterocycles. The Hall–Kier alpha value is -3.45. The highest BCUT2D eigenvalue weighted by molar-refractivity contribution is 5.98. The number of nitrogens with two attached hydrogens (primary N) is 1. The van der Waals surface area contributed by atoms with E-state index in [0.29, 0.717) is 17.1 Å². The average Bonchev–Trinajstić information content (AvgIpc) is 2.88. The van der Waals surface area contributed by atoms with Gasteiger partial charge in [-0.15, -0.1) is 0 Å². The second-order valence-electron chi connectivity index (χ2n) is 8.15. The number of methoxy groups -OCH3 is 1. The van der Waals surface area contributed by atoms with Gasteiger partial charge in [-0.25, -0.2) is 4.98 Å². The number of aryl methyl sites for hydroxylation is 1. The molecule has 4 rings (SSSR count). The van der Waals surface area contributed by atoms with Gasteiger partial charge < -0.3 is 20.3 Å². The quantitative estimate of drug-likeness (QED) is 0.622. The van der Waals surface area contributed by atoms with Crippen LogP contribution in [0.1, 0.15) is 29.9 Å². The Morgan fingerprint density at radius 3 is 2.42 bits per heavy atom. The van der Waals surface area contributed by atoms with Crippen molar-refractivity contribution in [3.8, 4) is 28.0 Å². The van der Waals surface area contributed by atoms with Crippen LogP contribution in [0.5, 0.6) is 5.75 Å². The maximum atomic E-state index is 13.2. The smallest absolute Gasteiger partial charge is 0.257 e. The number of ether oxygens (including phenoxy) is 1. The minimum Gasteiger partial charge on any atom is -0.496 e. The fourth-order valence-corrected chi connectivity index (χ4v) is 4.36. The van der Waals surface area contributed by atoms with Gasteiger partial charge in [0.15, 0.2) is 0 Å². The van der Waals surface area contributed by atoms with Crippen LogP contribution in [0.15, 0.2) is 48.8 Å². The average molecular weight is 446 g/mol. The molecule has 1 aliphatic heterocycles. The predicted molar refractivity (Wildman–Crippen MR) is 131 cm³/mol. The molecular formula is C26H31N5O2. The van der Waals surface area contributed by atoms with Crippen LogP contribution in [-0.4, -0.2) is 65.5 Å². The first-order chi connectivity index (χ1) is 16.0. The number of nitrogen functional groups attached to an aromatic ring is 1. The van der Waals surface area contributed by atoms with Gasteiger partial charge in [-0.05, 0) is 54.4 Å². The van der Waals surface area contributed by atoms with Crippen LogP contribution in [0.4, 0.5) is 5.82 Å². The number of hydrogen-bond acceptors (Lipinski definition) is 6. The molecule has 172 valence electrons. The molecular weight excluding hydrogens is 414 g/mol. The van der Waals surface area contributed by atoms with Crippen molar-refractivity contribution in [1.82, 2.24) is 19.8 Å². The molecule has 0 spiro atoms. The number of rotatable bonds is 6. The zero-order valence-corrected chi connectivity index (χ0v) is 19.5. The summed E-state index contributed by atoms with van der Waals surface area (Å²) in [5.74, 6) is 1.07. The molecule has 0 radical (unpaired) electrons. The van der Waals surface area contributed by atoms with Gasteiger partial charge in [0.25, 0.3) is 5.91 Å². The van der Waals surface area contributed by atoms with Gasteiger partial charge in [0.05, 0.1) is 12.7 Å². The number of aromatic nitrogens is 2. The summed E-state index contributed by atoms with van der Waals surface area (Å²) in [5.41, 5.74) is 11.3. The van der Waals surface area contributed by atoms with E-state index in [4.69, 9.17) is 10.5 Å². The maximum absolute atomic E-state index is 13.2. The van der Waals surface area contributed by atoms with E-state index in [-0.39, 0.29) is 5.91 Å². The maximum Gasteiger partial charge on any atom is 0.257 e. The molecule has 0 aliphatic carbocycles. The summed E-state index contributed by atoms with van der Waals surface area (Å²) in [5, 5.41) is 0. The lowest BCUT2D eigenvalue weighted by Crippen LogP contribution is -2.48. The van der Waals surface area contributed by atoms with E-state index in [9.17, 15) is 4.79 Å². The number of nitrogens with zero attached hydrogens (tertiary/aromatic N) is 4. The molecule has 1 fully saturated rings. The molecule has 1 amide bonds. The van der Waals surface area contributed by atoms with Crippen molar-refractivity contribution in [2.24, 2.45) is 0 Å². The Morgan fingerprint density at radius 1 is 1.03 bits per heavy atom. The van der Waals surface area contributed by atoms with Crippen LogP contribution in [-0.2, 0) is 6.42 Å². The van der Waals surface area contributed by atoms with Crippen LogP contribution < -0.4 is 10.5 Å². The van der Waals surface area contributed by atoms with Crippen LogP contribution in [0.2, 0.25) is 0 Å². The van der Waals surface area contributed by atoms with Gasteiger partial charge in [0.2, 0.25) is 0 Å². The second kappa shape index (κ2) is 10.0. The number of benzene rings is 1. The lowest BCUT2D eigenvalue weighted by molar-refractivity contribution is 0.0640. The highest BCUT2D eigenvalue weighted by Gasteiger charge is 2.24. The number of piperazine rings is 1. The number of anilines is 1. The topological polar surface area (TPSA) is 84.6 Å².